The summed E-state index contributed by atoms with van der Waals surface area (Å²) in [5.41, 5.74) is 2.00. The number of aromatic nitrogens is 3. The summed E-state index contributed by atoms with van der Waals surface area (Å²) < 4.78 is 0. The molecular weight excluding hydrogens is 334 g/mol. The van der Waals surface area contributed by atoms with Crippen molar-refractivity contribution in [2.45, 2.75) is 38.8 Å². The molecule has 1 fully saturated rings. The van der Waals surface area contributed by atoms with Gasteiger partial charge in [0.2, 0.25) is 0 Å². The summed E-state index contributed by atoms with van der Waals surface area (Å²) in [5, 5.41) is 1.13. The van der Waals surface area contributed by atoms with E-state index in [1.165, 1.54) is 0 Å². The molecule has 0 atom stereocenters. The molecular formula is C22H27N5. The van der Waals surface area contributed by atoms with Gasteiger partial charge >= 0.3 is 0 Å². The number of hydrogen-bond donors (Lipinski definition) is 0. The van der Waals surface area contributed by atoms with Gasteiger partial charge in [-0.05, 0) is 58.0 Å². The molecule has 0 aliphatic carbocycles. The van der Waals surface area contributed by atoms with Crippen molar-refractivity contribution in [3.8, 4) is 11.4 Å². The highest BCUT2D eigenvalue weighted by atomic mass is 15.2. The fraction of sp³-hybridized carbons (Fsp3) is 0.409. The Labute approximate surface area is 161 Å². The lowest BCUT2D eigenvalue weighted by Crippen LogP contribution is -2.46. The molecule has 1 aliphatic heterocycles. The van der Waals surface area contributed by atoms with E-state index in [-0.39, 0.29) is 0 Å². The lowest BCUT2D eigenvalue weighted by molar-refractivity contribution is 0.168. The minimum absolute atomic E-state index is 0.583. The molecule has 1 saturated heterocycles. The number of hydrogen-bond acceptors (Lipinski definition) is 5. The van der Waals surface area contributed by atoms with Crippen LogP contribution in [0.25, 0.3) is 22.3 Å². The summed E-state index contributed by atoms with van der Waals surface area (Å²) in [6.45, 7) is 6.59. The van der Waals surface area contributed by atoms with E-state index in [1.807, 2.05) is 18.2 Å². The van der Waals surface area contributed by atoms with Crippen LogP contribution in [-0.4, -0.2) is 52.1 Å². The van der Waals surface area contributed by atoms with Crippen molar-refractivity contribution >= 4 is 16.7 Å². The first kappa shape index (κ1) is 17.9. The lowest BCUT2D eigenvalue weighted by atomic mass is 10.0. The van der Waals surface area contributed by atoms with Crippen LogP contribution in [0, 0.1) is 0 Å². The van der Waals surface area contributed by atoms with E-state index in [0.717, 1.165) is 54.0 Å². The second-order valence-corrected chi connectivity index (χ2v) is 7.60. The Hall–Kier alpha value is -2.53. The van der Waals surface area contributed by atoms with Crippen molar-refractivity contribution in [3.05, 3.63) is 48.8 Å². The van der Waals surface area contributed by atoms with Gasteiger partial charge in [-0.15, -0.1) is 0 Å². The van der Waals surface area contributed by atoms with Crippen molar-refractivity contribution in [2.24, 2.45) is 0 Å². The van der Waals surface area contributed by atoms with Gasteiger partial charge in [0.1, 0.15) is 5.82 Å². The molecule has 0 unspecified atom stereocenters. The maximum absolute atomic E-state index is 4.97. The predicted octanol–water partition coefficient (Wildman–Crippen LogP) is 4.00. The van der Waals surface area contributed by atoms with E-state index >= 15 is 0 Å². The van der Waals surface area contributed by atoms with Crippen LogP contribution < -0.4 is 4.90 Å². The highest BCUT2D eigenvalue weighted by molar-refractivity contribution is 5.91. The van der Waals surface area contributed by atoms with Gasteiger partial charge in [-0.3, -0.25) is 4.98 Å². The predicted molar refractivity (Wildman–Crippen MR) is 111 cm³/mol. The molecule has 140 valence electrons. The van der Waals surface area contributed by atoms with E-state index in [4.69, 9.17) is 9.97 Å². The smallest absolute Gasteiger partial charge is 0.162 e. The molecule has 1 aliphatic rings. The molecule has 4 rings (SSSR count). The SMILES string of the molecule is CC(C)N(C)C1CCN(c2nc(-c3ccncc3)nc3ccccc23)CC1. The van der Waals surface area contributed by atoms with Gasteiger partial charge in [0.15, 0.2) is 5.82 Å². The largest absolute Gasteiger partial charge is 0.356 e. The molecule has 5 nitrogen and oxygen atoms in total. The van der Waals surface area contributed by atoms with Crippen LogP contribution in [0.3, 0.4) is 0 Å². The Balaban J connectivity index is 1.67. The number of para-hydroxylation sites is 1. The fourth-order valence-corrected chi connectivity index (χ4v) is 3.84. The molecule has 1 aromatic carbocycles. The average Bonchev–Trinajstić information content (AvgIpc) is 2.73. The van der Waals surface area contributed by atoms with Gasteiger partial charge in [0.25, 0.3) is 0 Å². The minimum Gasteiger partial charge on any atom is -0.356 e. The first-order valence-corrected chi connectivity index (χ1v) is 9.77. The van der Waals surface area contributed by atoms with Crippen LogP contribution >= 0.6 is 0 Å². The number of fused-ring (bicyclic) bond motifs is 1. The van der Waals surface area contributed by atoms with Crippen molar-refractivity contribution < 1.29 is 0 Å². The van der Waals surface area contributed by atoms with Gasteiger partial charge in [0, 0.05) is 48.5 Å². The Bertz CT molecular complexity index is 901. The van der Waals surface area contributed by atoms with E-state index in [2.05, 4.69) is 53.9 Å². The van der Waals surface area contributed by atoms with E-state index in [1.54, 1.807) is 12.4 Å². The molecule has 3 aromatic rings. The van der Waals surface area contributed by atoms with Crippen molar-refractivity contribution in [2.75, 3.05) is 25.0 Å². The summed E-state index contributed by atoms with van der Waals surface area (Å²) in [5.74, 6) is 1.82. The maximum Gasteiger partial charge on any atom is 0.162 e. The first-order valence-electron chi connectivity index (χ1n) is 9.77. The molecule has 27 heavy (non-hydrogen) atoms. The number of nitrogens with zero attached hydrogens (tertiary/aromatic N) is 5. The van der Waals surface area contributed by atoms with Gasteiger partial charge in [-0.2, -0.15) is 0 Å². The summed E-state index contributed by atoms with van der Waals surface area (Å²) in [4.78, 5) is 18.8. The lowest BCUT2D eigenvalue weighted by Gasteiger charge is -2.39. The molecule has 2 aromatic heterocycles. The second kappa shape index (κ2) is 7.61. The molecule has 0 radical (unpaired) electrons. The van der Waals surface area contributed by atoms with Crippen molar-refractivity contribution in [1.82, 2.24) is 19.9 Å². The third-order valence-corrected chi connectivity index (χ3v) is 5.68. The fourth-order valence-electron chi connectivity index (χ4n) is 3.84. The number of benzene rings is 1. The van der Waals surface area contributed by atoms with Gasteiger partial charge in [0.05, 0.1) is 5.52 Å². The molecule has 0 amide bonds. The Kier molecular flexibility index (Phi) is 5.03. The zero-order chi connectivity index (χ0) is 18.8. The molecule has 0 saturated carbocycles. The average molecular weight is 361 g/mol. The third-order valence-electron chi connectivity index (χ3n) is 5.68. The highest BCUT2D eigenvalue weighted by Gasteiger charge is 2.25. The quantitative estimate of drug-likeness (QED) is 0.703. The normalized spacial score (nSPS) is 15.8. The van der Waals surface area contributed by atoms with Crippen molar-refractivity contribution in [3.63, 3.8) is 0 Å². The molecule has 3 heterocycles. The Morgan fingerprint density at radius 2 is 1.70 bits per heavy atom. The third kappa shape index (κ3) is 3.65. The summed E-state index contributed by atoms with van der Waals surface area (Å²) in [7, 11) is 2.24. The van der Waals surface area contributed by atoms with Crippen LogP contribution in [0.4, 0.5) is 5.82 Å². The van der Waals surface area contributed by atoms with Crippen LogP contribution in [0.5, 0.6) is 0 Å². The molecule has 0 spiro atoms. The van der Waals surface area contributed by atoms with Crippen LogP contribution in [0.1, 0.15) is 26.7 Å². The van der Waals surface area contributed by atoms with E-state index in [0.29, 0.717) is 12.1 Å². The van der Waals surface area contributed by atoms with Crippen LogP contribution in [-0.2, 0) is 0 Å². The zero-order valence-electron chi connectivity index (χ0n) is 16.3. The van der Waals surface area contributed by atoms with Gasteiger partial charge < -0.3 is 9.80 Å². The first-order chi connectivity index (χ1) is 13.1. The number of pyridine rings is 1. The van der Waals surface area contributed by atoms with Crippen LogP contribution in [0.15, 0.2) is 48.8 Å². The topological polar surface area (TPSA) is 45.2 Å². The standard InChI is InChI=1S/C22H27N5/c1-16(2)26(3)18-10-14-27(15-11-18)22-19-6-4-5-7-20(19)24-21(25-22)17-8-12-23-13-9-17/h4-9,12-13,16,18H,10-11,14-15H2,1-3H3. The van der Waals surface area contributed by atoms with Crippen LogP contribution in [0.2, 0.25) is 0 Å². The number of rotatable bonds is 4. The Morgan fingerprint density at radius 1 is 1.00 bits per heavy atom. The maximum atomic E-state index is 4.97. The Morgan fingerprint density at radius 3 is 2.41 bits per heavy atom. The molecule has 0 N–H and O–H groups in total. The zero-order valence-corrected chi connectivity index (χ0v) is 16.3. The van der Waals surface area contributed by atoms with Gasteiger partial charge in [-0.25, -0.2) is 9.97 Å². The van der Waals surface area contributed by atoms with Gasteiger partial charge in [-0.1, -0.05) is 12.1 Å². The molecule has 5 heteroatoms. The summed E-state index contributed by atoms with van der Waals surface area (Å²) in [6.07, 6.45) is 5.91. The van der Waals surface area contributed by atoms with E-state index in [9.17, 15) is 0 Å². The van der Waals surface area contributed by atoms with Crippen molar-refractivity contribution in [1.29, 1.82) is 0 Å². The molecule has 0 bridgehead atoms. The second-order valence-electron chi connectivity index (χ2n) is 7.60. The number of piperidine rings is 1. The minimum atomic E-state index is 0.583. The van der Waals surface area contributed by atoms with E-state index < -0.39 is 0 Å². The summed E-state index contributed by atoms with van der Waals surface area (Å²) in [6, 6.07) is 13.5. The highest BCUT2D eigenvalue weighted by Crippen LogP contribution is 2.30. The monoisotopic (exact) mass is 361 g/mol. The number of anilines is 1. The summed E-state index contributed by atoms with van der Waals surface area (Å²) >= 11 is 0.